The van der Waals surface area contributed by atoms with Gasteiger partial charge in [0.1, 0.15) is 23.4 Å². The Balaban J connectivity index is 1.18. The lowest BCUT2D eigenvalue weighted by Gasteiger charge is -2.35. The van der Waals surface area contributed by atoms with Crippen LogP contribution in [0.4, 0.5) is 10.6 Å². The summed E-state index contributed by atoms with van der Waals surface area (Å²) >= 11 is 0. The highest BCUT2D eigenvalue weighted by atomic mass is 16.5. The molecule has 36 heavy (non-hydrogen) atoms. The van der Waals surface area contributed by atoms with E-state index in [2.05, 4.69) is 30.7 Å². The number of benzene rings is 1. The number of anilines is 1. The van der Waals surface area contributed by atoms with Crippen LogP contribution in [-0.4, -0.2) is 87.3 Å². The summed E-state index contributed by atoms with van der Waals surface area (Å²) in [6.07, 6.45) is 3.28. The Morgan fingerprint density at radius 1 is 1.14 bits per heavy atom. The Morgan fingerprint density at radius 3 is 2.56 bits per heavy atom. The molecule has 2 aliphatic rings. The zero-order chi connectivity index (χ0) is 25.4. The van der Waals surface area contributed by atoms with E-state index in [1.54, 1.807) is 49.2 Å². The maximum absolute atomic E-state index is 13.1. The Morgan fingerprint density at radius 2 is 1.86 bits per heavy atom. The minimum atomic E-state index is -1.29. The normalized spacial score (nSPS) is 20.6. The van der Waals surface area contributed by atoms with E-state index in [0.29, 0.717) is 37.5 Å². The fourth-order valence-electron chi connectivity index (χ4n) is 4.54. The highest BCUT2D eigenvalue weighted by molar-refractivity contribution is 6.08. The summed E-state index contributed by atoms with van der Waals surface area (Å²) in [4.78, 5) is 51.2. The molecular weight excluding hydrogens is 466 g/mol. The van der Waals surface area contributed by atoms with Gasteiger partial charge in [0.2, 0.25) is 0 Å². The molecule has 13 heteroatoms. The Labute approximate surface area is 207 Å². The van der Waals surface area contributed by atoms with Gasteiger partial charge in [-0.2, -0.15) is 10.1 Å². The van der Waals surface area contributed by atoms with Gasteiger partial charge in [-0.05, 0) is 24.6 Å². The van der Waals surface area contributed by atoms with E-state index in [1.165, 1.54) is 6.33 Å². The second kappa shape index (κ2) is 9.07. The summed E-state index contributed by atoms with van der Waals surface area (Å²) < 4.78 is 6.86. The van der Waals surface area contributed by atoms with Crippen molar-refractivity contribution in [2.45, 2.75) is 12.5 Å². The molecule has 0 radical (unpaired) electrons. The predicted octanol–water partition coefficient (Wildman–Crippen LogP) is -0.00770. The SMILES string of the molecule is COc1ccc(C2(C)NC(=O)N(NC(=O)CN3CCN(c4ncnc5c4cnn5C)CC3)C2=O)cc1. The highest BCUT2D eigenvalue weighted by Crippen LogP contribution is 2.29. The number of aromatic nitrogens is 4. The number of hydrogen-bond donors (Lipinski definition) is 2. The third kappa shape index (κ3) is 4.06. The number of imide groups is 1. The molecule has 0 saturated carbocycles. The van der Waals surface area contributed by atoms with Crippen molar-refractivity contribution in [2.75, 3.05) is 44.7 Å². The van der Waals surface area contributed by atoms with Crippen LogP contribution in [0.2, 0.25) is 0 Å². The molecule has 0 spiro atoms. The Hall–Kier alpha value is -4.26. The fourth-order valence-corrected chi connectivity index (χ4v) is 4.54. The highest BCUT2D eigenvalue weighted by Gasteiger charge is 2.50. The first-order chi connectivity index (χ1) is 17.3. The molecule has 3 aromatic rings. The minimum Gasteiger partial charge on any atom is -0.497 e. The number of piperazine rings is 1. The zero-order valence-corrected chi connectivity index (χ0v) is 20.3. The van der Waals surface area contributed by atoms with E-state index in [1.807, 2.05) is 11.9 Å². The van der Waals surface area contributed by atoms with E-state index in [9.17, 15) is 14.4 Å². The van der Waals surface area contributed by atoms with Gasteiger partial charge in [0.25, 0.3) is 11.8 Å². The molecule has 2 aromatic heterocycles. The zero-order valence-electron chi connectivity index (χ0n) is 20.3. The Kier molecular flexibility index (Phi) is 5.92. The number of methoxy groups -OCH3 is 1. The van der Waals surface area contributed by atoms with Crippen molar-refractivity contribution in [2.24, 2.45) is 7.05 Å². The van der Waals surface area contributed by atoms with E-state index >= 15 is 0 Å². The third-order valence-corrected chi connectivity index (χ3v) is 6.64. The lowest BCUT2D eigenvalue weighted by atomic mass is 9.92. The van der Waals surface area contributed by atoms with Gasteiger partial charge >= 0.3 is 6.03 Å². The van der Waals surface area contributed by atoms with Crippen LogP contribution >= 0.6 is 0 Å². The van der Waals surface area contributed by atoms with Gasteiger partial charge in [-0.25, -0.2) is 14.8 Å². The number of rotatable bonds is 6. The molecule has 1 atom stereocenters. The van der Waals surface area contributed by atoms with E-state index in [-0.39, 0.29) is 6.54 Å². The summed E-state index contributed by atoms with van der Waals surface area (Å²) in [5, 5.41) is 8.57. The number of urea groups is 1. The van der Waals surface area contributed by atoms with Crippen molar-refractivity contribution in [3.8, 4) is 5.75 Å². The fraction of sp³-hybridized carbons (Fsp3) is 0.391. The number of hydrogen-bond acceptors (Lipinski definition) is 9. The van der Waals surface area contributed by atoms with Crippen LogP contribution in [0.25, 0.3) is 11.0 Å². The summed E-state index contributed by atoms with van der Waals surface area (Å²) in [6.45, 7) is 4.20. The largest absolute Gasteiger partial charge is 0.497 e. The van der Waals surface area contributed by atoms with Crippen molar-refractivity contribution >= 4 is 34.7 Å². The molecule has 0 aliphatic carbocycles. The van der Waals surface area contributed by atoms with Gasteiger partial charge in [-0.15, -0.1) is 0 Å². The maximum Gasteiger partial charge on any atom is 0.344 e. The molecule has 2 saturated heterocycles. The number of carbonyl (C=O) groups is 3. The van der Waals surface area contributed by atoms with Crippen LogP contribution in [0.1, 0.15) is 12.5 Å². The average Bonchev–Trinajstić information content (AvgIpc) is 3.37. The van der Waals surface area contributed by atoms with Crippen LogP contribution in [-0.2, 0) is 22.2 Å². The molecule has 1 unspecified atom stereocenters. The molecule has 1 aromatic carbocycles. The average molecular weight is 494 g/mol. The number of nitrogens with one attached hydrogen (secondary N) is 2. The number of fused-ring (bicyclic) bond motifs is 1. The lowest BCUT2D eigenvalue weighted by molar-refractivity contribution is -0.139. The number of ether oxygens (including phenoxy) is 1. The number of aryl methyl sites for hydroxylation is 1. The van der Waals surface area contributed by atoms with Crippen molar-refractivity contribution in [1.82, 2.24) is 40.4 Å². The monoisotopic (exact) mass is 493 g/mol. The molecule has 188 valence electrons. The molecule has 2 aliphatic heterocycles. The number of amides is 4. The van der Waals surface area contributed by atoms with Gasteiger partial charge < -0.3 is 15.0 Å². The van der Waals surface area contributed by atoms with E-state index < -0.39 is 23.4 Å². The smallest absolute Gasteiger partial charge is 0.344 e. The molecular formula is C23H27N9O4. The van der Waals surface area contributed by atoms with Crippen LogP contribution < -0.4 is 20.4 Å². The van der Waals surface area contributed by atoms with Gasteiger partial charge in [0.15, 0.2) is 5.65 Å². The number of hydrazine groups is 1. The third-order valence-electron chi connectivity index (χ3n) is 6.64. The van der Waals surface area contributed by atoms with Crippen LogP contribution in [0, 0.1) is 0 Å². The summed E-state index contributed by atoms with van der Waals surface area (Å²) in [5.74, 6) is 0.450. The summed E-state index contributed by atoms with van der Waals surface area (Å²) in [6, 6.07) is 6.15. The maximum atomic E-state index is 13.1. The standard InChI is InChI=1S/C23H27N9O4/c1-23(15-4-6-16(36-3)7-5-15)21(34)32(22(35)27-23)28-18(33)13-30-8-10-31(11-9-30)20-17-12-26-29(2)19(17)24-14-25-20/h4-7,12,14H,8-11,13H2,1-3H3,(H,27,35)(H,28,33). The first-order valence-corrected chi connectivity index (χ1v) is 11.5. The number of nitrogens with zero attached hydrogens (tertiary/aromatic N) is 7. The molecule has 2 fully saturated rings. The molecule has 2 N–H and O–H groups in total. The van der Waals surface area contributed by atoms with Gasteiger partial charge in [-0.1, -0.05) is 12.1 Å². The van der Waals surface area contributed by atoms with Gasteiger partial charge in [0, 0.05) is 33.2 Å². The second-order valence-corrected chi connectivity index (χ2v) is 8.93. The summed E-state index contributed by atoms with van der Waals surface area (Å²) in [5.41, 5.74) is 2.52. The second-order valence-electron chi connectivity index (χ2n) is 8.93. The molecule has 5 rings (SSSR count). The van der Waals surface area contributed by atoms with Crippen molar-refractivity contribution in [1.29, 1.82) is 0 Å². The minimum absolute atomic E-state index is 0.0518. The molecule has 0 bridgehead atoms. The lowest BCUT2D eigenvalue weighted by Crippen LogP contribution is -2.53. The van der Waals surface area contributed by atoms with Crippen molar-refractivity contribution in [3.63, 3.8) is 0 Å². The van der Waals surface area contributed by atoms with Gasteiger partial charge in [-0.3, -0.25) is 24.6 Å². The number of carbonyl (C=O) groups excluding carboxylic acids is 3. The summed E-state index contributed by atoms with van der Waals surface area (Å²) in [7, 11) is 3.38. The molecule has 4 amide bonds. The van der Waals surface area contributed by atoms with Crippen molar-refractivity contribution < 1.29 is 19.1 Å². The van der Waals surface area contributed by atoms with Crippen LogP contribution in [0.3, 0.4) is 0 Å². The first-order valence-electron chi connectivity index (χ1n) is 11.5. The first kappa shape index (κ1) is 23.5. The predicted molar refractivity (Wildman–Crippen MR) is 129 cm³/mol. The van der Waals surface area contributed by atoms with Gasteiger partial charge in [0.05, 0.1) is 25.2 Å². The van der Waals surface area contributed by atoms with Crippen LogP contribution in [0.5, 0.6) is 5.75 Å². The quantitative estimate of drug-likeness (QED) is 0.454. The van der Waals surface area contributed by atoms with E-state index in [0.717, 1.165) is 21.9 Å². The van der Waals surface area contributed by atoms with E-state index in [4.69, 9.17) is 4.74 Å². The Bertz CT molecular complexity index is 1320. The van der Waals surface area contributed by atoms with Crippen LogP contribution in [0.15, 0.2) is 36.8 Å². The topological polar surface area (TPSA) is 138 Å². The molecule has 4 heterocycles. The molecule has 13 nitrogen and oxygen atoms in total. The van der Waals surface area contributed by atoms with Crippen molar-refractivity contribution in [3.05, 3.63) is 42.4 Å².